The maximum atomic E-state index is 12.4. The summed E-state index contributed by atoms with van der Waals surface area (Å²) >= 11 is 0. The van der Waals surface area contributed by atoms with Crippen LogP contribution in [-0.4, -0.2) is 24.7 Å². The van der Waals surface area contributed by atoms with Gasteiger partial charge in [0, 0.05) is 6.54 Å². The van der Waals surface area contributed by atoms with Gasteiger partial charge in [0.1, 0.15) is 0 Å². The van der Waals surface area contributed by atoms with Gasteiger partial charge in [0.25, 0.3) is 0 Å². The Morgan fingerprint density at radius 3 is 2.61 bits per heavy atom. The molecule has 0 radical (unpaired) electrons. The molecule has 0 aliphatic heterocycles. The van der Waals surface area contributed by atoms with Crippen molar-refractivity contribution in [2.75, 3.05) is 13.6 Å². The second-order valence-electron chi connectivity index (χ2n) is 3.56. The van der Waals surface area contributed by atoms with Crippen molar-refractivity contribution in [2.45, 2.75) is 6.18 Å². The molecular formula is C12H12F3NO2. The number of carboxylic acids is 1. The van der Waals surface area contributed by atoms with Crippen molar-refractivity contribution in [3.63, 3.8) is 0 Å². The highest BCUT2D eigenvalue weighted by molar-refractivity contribution is 5.92. The van der Waals surface area contributed by atoms with Crippen molar-refractivity contribution in [1.29, 1.82) is 0 Å². The molecule has 0 bridgehead atoms. The number of alkyl halides is 3. The lowest BCUT2D eigenvalue weighted by molar-refractivity contribution is -0.137. The molecule has 0 saturated heterocycles. The molecule has 0 amide bonds. The van der Waals surface area contributed by atoms with Gasteiger partial charge in [-0.3, -0.25) is 0 Å². The van der Waals surface area contributed by atoms with Gasteiger partial charge in [-0.2, -0.15) is 13.2 Å². The molecule has 98 valence electrons. The fourth-order valence-electron chi connectivity index (χ4n) is 1.37. The summed E-state index contributed by atoms with van der Waals surface area (Å²) < 4.78 is 37.3. The number of likely N-dealkylation sites (N-methyl/N-ethyl adjacent to an activating group) is 1. The number of hydrogen-bond acceptors (Lipinski definition) is 2. The van der Waals surface area contributed by atoms with E-state index in [0.717, 1.165) is 12.1 Å². The van der Waals surface area contributed by atoms with E-state index in [1.165, 1.54) is 6.08 Å². The maximum Gasteiger partial charge on any atom is 0.416 e. The van der Waals surface area contributed by atoms with E-state index in [2.05, 4.69) is 5.32 Å². The molecule has 0 aliphatic rings. The average Bonchev–Trinajstić information content (AvgIpc) is 2.28. The molecule has 2 N–H and O–H groups in total. The van der Waals surface area contributed by atoms with Crippen LogP contribution in [0.4, 0.5) is 13.2 Å². The summed E-state index contributed by atoms with van der Waals surface area (Å²) in [5, 5.41) is 11.7. The number of nitrogens with one attached hydrogen (secondary N) is 1. The number of benzene rings is 1. The number of rotatable bonds is 4. The van der Waals surface area contributed by atoms with Crippen LogP contribution in [0.3, 0.4) is 0 Å². The third-order valence-electron chi connectivity index (χ3n) is 2.23. The third-order valence-corrected chi connectivity index (χ3v) is 2.23. The molecule has 0 unspecified atom stereocenters. The van der Waals surface area contributed by atoms with E-state index in [9.17, 15) is 18.0 Å². The van der Waals surface area contributed by atoms with E-state index in [0.29, 0.717) is 12.6 Å². The minimum atomic E-state index is -4.54. The molecule has 0 spiro atoms. The maximum absolute atomic E-state index is 12.4. The molecule has 0 aliphatic carbocycles. The number of carbonyl (C=O) groups is 1. The van der Waals surface area contributed by atoms with Crippen molar-refractivity contribution in [1.82, 2.24) is 5.32 Å². The van der Waals surface area contributed by atoms with Gasteiger partial charge in [-0.1, -0.05) is 18.2 Å². The average molecular weight is 259 g/mol. The minimum absolute atomic E-state index is 0.241. The molecule has 0 heterocycles. The second kappa shape index (κ2) is 5.68. The summed E-state index contributed by atoms with van der Waals surface area (Å²) in [6, 6.07) is 2.66. The van der Waals surface area contributed by atoms with Crippen LogP contribution in [0.15, 0.2) is 24.3 Å². The largest absolute Gasteiger partial charge is 0.478 e. The lowest BCUT2D eigenvalue weighted by Gasteiger charge is -2.09. The van der Waals surface area contributed by atoms with Gasteiger partial charge in [-0.25, -0.2) is 4.79 Å². The highest BCUT2D eigenvalue weighted by Gasteiger charge is 2.31. The Labute approximate surface area is 102 Å². The first kappa shape index (κ1) is 14.2. The van der Waals surface area contributed by atoms with Crippen molar-refractivity contribution in [3.8, 4) is 0 Å². The first-order valence-corrected chi connectivity index (χ1v) is 5.12. The number of halogens is 3. The van der Waals surface area contributed by atoms with Gasteiger partial charge < -0.3 is 10.4 Å². The number of aromatic carboxylic acids is 1. The summed E-state index contributed by atoms with van der Waals surface area (Å²) in [4.78, 5) is 10.9. The van der Waals surface area contributed by atoms with Gasteiger partial charge in [-0.15, -0.1) is 0 Å². The van der Waals surface area contributed by atoms with Crippen molar-refractivity contribution < 1.29 is 23.1 Å². The highest BCUT2D eigenvalue weighted by atomic mass is 19.4. The molecule has 18 heavy (non-hydrogen) atoms. The zero-order valence-corrected chi connectivity index (χ0v) is 9.58. The van der Waals surface area contributed by atoms with Crippen molar-refractivity contribution in [2.24, 2.45) is 0 Å². The van der Waals surface area contributed by atoms with Crippen LogP contribution in [0.25, 0.3) is 6.08 Å². The van der Waals surface area contributed by atoms with Crippen LogP contribution in [0.5, 0.6) is 0 Å². The predicted molar refractivity (Wildman–Crippen MR) is 61.4 cm³/mol. The highest BCUT2D eigenvalue weighted by Crippen LogP contribution is 2.30. The minimum Gasteiger partial charge on any atom is -0.478 e. The standard InChI is InChI=1S/C12H12F3NO2/c1-16-6-2-3-8-4-5-9(12(13,14)15)7-10(8)11(17)18/h2-5,7,16H,6H2,1H3,(H,17,18). The topological polar surface area (TPSA) is 49.3 Å². The molecule has 0 aromatic heterocycles. The van der Waals surface area contributed by atoms with Gasteiger partial charge >= 0.3 is 12.1 Å². The predicted octanol–water partition coefficient (Wildman–Crippen LogP) is 2.64. The Hall–Kier alpha value is -1.82. The van der Waals surface area contributed by atoms with Crippen LogP contribution in [-0.2, 0) is 6.18 Å². The second-order valence-corrected chi connectivity index (χ2v) is 3.56. The molecule has 3 nitrogen and oxygen atoms in total. The number of hydrogen-bond donors (Lipinski definition) is 2. The first-order chi connectivity index (χ1) is 8.36. The SMILES string of the molecule is CNCC=Cc1ccc(C(F)(F)F)cc1C(=O)O. The van der Waals surface area contributed by atoms with Gasteiger partial charge in [-0.05, 0) is 24.7 Å². The van der Waals surface area contributed by atoms with Crippen molar-refractivity contribution in [3.05, 3.63) is 41.0 Å². The Balaban J connectivity index is 3.17. The van der Waals surface area contributed by atoms with E-state index in [1.54, 1.807) is 13.1 Å². The van der Waals surface area contributed by atoms with Crippen LogP contribution in [0.1, 0.15) is 21.5 Å². The van der Waals surface area contributed by atoms with Gasteiger partial charge in [0.15, 0.2) is 0 Å². The molecule has 1 rings (SSSR count). The van der Waals surface area contributed by atoms with E-state index < -0.39 is 17.7 Å². The molecule has 6 heteroatoms. The van der Waals surface area contributed by atoms with E-state index >= 15 is 0 Å². The Bertz CT molecular complexity index is 467. The lowest BCUT2D eigenvalue weighted by Crippen LogP contribution is -2.09. The zero-order chi connectivity index (χ0) is 13.8. The van der Waals surface area contributed by atoms with E-state index in [-0.39, 0.29) is 11.1 Å². The summed E-state index contributed by atoms with van der Waals surface area (Å²) in [7, 11) is 1.70. The Kier molecular flexibility index (Phi) is 4.49. The quantitative estimate of drug-likeness (QED) is 0.873. The molecular weight excluding hydrogens is 247 g/mol. The molecule has 0 atom stereocenters. The van der Waals surface area contributed by atoms with Crippen LogP contribution < -0.4 is 5.32 Å². The van der Waals surface area contributed by atoms with Gasteiger partial charge in [0.2, 0.25) is 0 Å². The lowest BCUT2D eigenvalue weighted by atomic mass is 10.0. The van der Waals surface area contributed by atoms with E-state index in [4.69, 9.17) is 5.11 Å². The third kappa shape index (κ3) is 3.59. The smallest absolute Gasteiger partial charge is 0.416 e. The Morgan fingerprint density at radius 2 is 2.11 bits per heavy atom. The van der Waals surface area contributed by atoms with Crippen LogP contribution >= 0.6 is 0 Å². The van der Waals surface area contributed by atoms with Crippen LogP contribution in [0.2, 0.25) is 0 Å². The van der Waals surface area contributed by atoms with Gasteiger partial charge in [0.05, 0.1) is 11.1 Å². The fraction of sp³-hybridized carbons (Fsp3) is 0.250. The summed E-state index contributed by atoms with van der Waals surface area (Å²) in [5.41, 5.74) is -1.09. The monoisotopic (exact) mass is 259 g/mol. The molecule has 1 aromatic rings. The molecule has 0 fully saturated rings. The van der Waals surface area contributed by atoms with E-state index in [1.807, 2.05) is 0 Å². The number of carboxylic acid groups (broad SMARTS) is 1. The zero-order valence-electron chi connectivity index (χ0n) is 9.58. The molecule has 0 saturated carbocycles. The van der Waals surface area contributed by atoms with Crippen LogP contribution in [0, 0.1) is 0 Å². The molecule has 1 aromatic carbocycles. The van der Waals surface area contributed by atoms with Crippen molar-refractivity contribution >= 4 is 12.0 Å². The summed E-state index contributed by atoms with van der Waals surface area (Å²) in [6.07, 6.45) is -1.44. The normalized spacial score (nSPS) is 12.0. The summed E-state index contributed by atoms with van der Waals surface area (Å²) in [5.74, 6) is -1.38. The Morgan fingerprint density at radius 1 is 1.44 bits per heavy atom. The first-order valence-electron chi connectivity index (χ1n) is 5.12. The summed E-state index contributed by atoms with van der Waals surface area (Å²) in [6.45, 7) is 0.500. The fourth-order valence-corrected chi connectivity index (χ4v) is 1.37.